The molecule has 0 amide bonds. The van der Waals surface area contributed by atoms with Crippen LogP contribution in [0.15, 0.2) is 104 Å². The van der Waals surface area contributed by atoms with Crippen molar-refractivity contribution >= 4 is 66.0 Å². The molecule has 0 aliphatic rings. The van der Waals surface area contributed by atoms with Crippen LogP contribution in [-0.2, 0) is 0 Å². The zero-order valence-electron chi connectivity index (χ0n) is 19.6. The van der Waals surface area contributed by atoms with Crippen LogP contribution in [-0.4, -0.2) is 21.1 Å². The first kappa shape index (κ1) is 23.9. The number of furan rings is 1. The number of Topliss-reactive ketones (excluding diaryl/α,β-unsaturated/α-hetero) is 1. The van der Waals surface area contributed by atoms with Gasteiger partial charge in [0.05, 0.1) is 16.8 Å². The maximum absolute atomic E-state index is 14.0. The number of aromatic nitrogens is 2. The van der Waals surface area contributed by atoms with Gasteiger partial charge in [0.15, 0.2) is 10.9 Å². The molecule has 0 spiro atoms. The molecule has 0 unspecified atom stereocenters. The largest absolute Gasteiger partial charge is 0.453 e. The fourth-order valence-corrected chi connectivity index (χ4v) is 6.70. The third-order valence-electron chi connectivity index (χ3n) is 6.03. The molecule has 8 heteroatoms. The number of benzene rings is 3. The molecule has 0 saturated carbocycles. The number of thiophene rings is 1. The first-order valence-corrected chi connectivity index (χ1v) is 14.1. The molecule has 182 valence electrons. The van der Waals surface area contributed by atoms with Gasteiger partial charge < -0.3 is 4.42 Å². The number of nitrogens with zero attached hydrogens (tertiary/aromatic N) is 2. The molecule has 0 saturated heterocycles. The lowest BCUT2D eigenvalue weighted by molar-refractivity contribution is 0.0994. The number of fused-ring (bicyclic) bond motifs is 2. The molecule has 3 aromatic heterocycles. The van der Waals surface area contributed by atoms with E-state index in [9.17, 15) is 9.59 Å². The predicted octanol–water partition coefficient (Wildman–Crippen LogP) is 7.91. The van der Waals surface area contributed by atoms with Crippen LogP contribution in [0.4, 0.5) is 0 Å². The third kappa shape index (κ3) is 4.45. The number of ketones is 1. The Morgan fingerprint density at radius 2 is 1.76 bits per heavy atom. The minimum atomic E-state index is -0.168. The van der Waals surface area contributed by atoms with Crippen LogP contribution >= 0.6 is 39.0 Å². The van der Waals surface area contributed by atoms with Crippen molar-refractivity contribution in [3.8, 4) is 16.8 Å². The lowest BCUT2D eigenvalue weighted by Gasteiger charge is -2.12. The number of thioether (sulfide) groups is 1. The van der Waals surface area contributed by atoms with Crippen LogP contribution in [0.2, 0.25) is 0 Å². The number of carbonyl (C=O) groups is 1. The van der Waals surface area contributed by atoms with Gasteiger partial charge in [0.2, 0.25) is 5.78 Å². The van der Waals surface area contributed by atoms with E-state index in [2.05, 4.69) is 15.9 Å². The summed E-state index contributed by atoms with van der Waals surface area (Å²) in [6.45, 7) is 2.01. The summed E-state index contributed by atoms with van der Waals surface area (Å²) in [6, 6.07) is 26.7. The van der Waals surface area contributed by atoms with Crippen molar-refractivity contribution in [1.82, 2.24) is 9.55 Å². The van der Waals surface area contributed by atoms with Crippen molar-refractivity contribution in [1.29, 1.82) is 0 Å². The Morgan fingerprint density at radius 3 is 2.51 bits per heavy atom. The predicted molar refractivity (Wildman–Crippen MR) is 154 cm³/mol. The summed E-state index contributed by atoms with van der Waals surface area (Å²) in [5.41, 5.74) is 3.09. The highest BCUT2D eigenvalue weighted by molar-refractivity contribution is 9.10. The Hall–Kier alpha value is -3.46. The molecule has 0 bridgehead atoms. The fraction of sp³-hybridized carbons (Fsp3) is 0.0690. The van der Waals surface area contributed by atoms with Crippen LogP contribution in [0.25, 0.3) is 38.0 Å². The van der Waals surface area contributed by atoms with Gasteiger partial charge in [-0.25, -0.2) is 4.98 Å². The quantitative estimate of drug-likeness (QED) is 0.113. The van der Waals surface area contributed by atoms with Crippen molar-refractivity contribution in [3.05, 3.63) is 110 Å². The second-order valence-corrected chi connectivity index (χ2v) is 11.5. The molecule has 0 aliphatic carbocycles. The van der Waals surface area contributed by atoms with Crippen LogP contribution < -0.4 is 5.56 Å². The number of halogens is 1. The van der Waals surface area contributed by atoms with Gasteiger partial charge in [-0.3, -0.25) is 14.2 Å². The summed E-state index contributed by atoms with van der Waals surface area (Å²) in [6.07, 6.45) is 0. The molecule has 5 nitrogen and oxygen atoms in total. The zero-order valence-corrected chi connectivity index (χ0v) is 22.8. The van der Waals surface area contributed by atoms with Crippen molar-refractivity contribution in [2.75, 3.05) is 5.75 Å². The van der Waals surface area contributed by atoms with Crippen molar-refractivity contribution in [3.63, 3.8) is 0 Å². The summed E-state index contributed by atoms with van der Waals surface area (Å²) < 4.78 is 8.30. The monoisotopic (exact) mass is 586 g/mol. The average molecular weight is 588 g/mol. The van der Waals surface area contributed by atoms with Gasteiger partial charge in [-0.15, -0.1) is 11.3 Å². The minimum Gasteiger partial charge on any atom is -0.453 e. The van der Waals surface area contributed by atoms with Crippen molar-refractivity contribution in [2.24, 2.45) is 0 Å². The zero-order chi connectivity index (χ0) is 25.5. The Balaban J connectivity index is 1.44. The van der Waals surface area contributed by atoms with Gasteiger partial charge in [-0.1, -0.05) is 76.2 Å². The maximum atomic E-state index is 14.0. The lowest BCUT2D eigenvalue weighted by Crippen LogP contribution is -2.22. The molecule has 3 heterocycles. The standard InChI is InChI=1S/C29H19BrN2O3S2/c1-17-25(18-8-4-2-5-9-18)26-27(37-17)31-29(32(28(26)34)21-10-6-3-7-11-21)36-16-22(33)24-15-19-14-20(30)12-13-23(19)35-24/h2-15H,16H2,1H3. The van der Waals surface area contributed by atoms with Crippen LogP contribution in [0.3, 0.4) is 0 Å². The van der Waals surface area contributed by atoms with E-state index < -0.39 is 0 Å². The molecule has 6 rings (SSSR count). The molecule has 0 radical (unpaired) electrons. The Labute approximate surface area is 228 Å². The Morgan fingerprint density at radius 1 is 1.03 bits per heavy atom. The Bertz CT molecular complexity index is 1840. The smallest absolute Gasteiger partial charge is 0.268 e. The highest BCUT2D eigenvalue weighted by Gasteiger charge is 2.22. The van der Waals surface area contributed by atoms with E-state index in [-0.39, 0.29) is 22.9 Å². The second-order valence-electron chi connectivity index (χ2n) is 8.45. The van der Waals surface area contributed by atoms with Gasteiger partial charge in [0.1, 0.15) is 10.4 Å². The van der Waals surface area contributed by atoms with Crippen molar-refractivity contribution in [2.45, 2.75) is 12.1 Å². The molecule has 0 N–H and O–H groups in total. The number of aryl methyl sites for hydroxylation is 1. The summed E-state index contributed by atoms with van der Waals surface area (Å²) in [4.78, 5) is 33.7. The molecular formula is C29H19BrN2O3S2. The molecule has 37 heavy (non-hydrogen) atoms. The van der Waals surface area contributed by atoms with E-state index in [4.69, 9.17) is 9.40 Å². The number of para-hydroxylation sites is 1. The molecular weight excluding hydrogens is 568 g/mol. The lowest BCUT2D eigenvalue weighted by atomic mass is 10.0. The first-order valence-electron chi connectivity index (χ1n) is 11.5. The maximum Gasteiger partial charge on any atom is 0.268 e. The number of carbonyl (C=O) groups excluding carboxylic acids is 1. The van der Waals surface area contributed by atoms with E-state index >= 15 is 0 Å². The fourth-order valence-electron chi connectivity index (χ4n) is 4.35. The summed E-state index contributed by atoms with van der Waals surface area (Å²) in [7, 11) is 0. The first-order chi connectivity index (χ1) is 18.0. The number of rotatable bonds is 6. The van der Waals surface area contributed by atoms with Gasteiger partial charge >= 0.3 is 0 Å². The topological polar surface area (TPSA) is 65.1 Å². The number of hydrogen-bond donors (Lipinski definition) is 0. The Kier molecular flexibility index (Phi) is 6.32. The summed E-state index contributed by atoms with van der Waals surface area (Å²) in [5, 5.41) is 1.92. The van der Waals surface area contributed by atoms with E-state index in [1.54, 1.807) is 10.6 Å². The molecule has 0 aliphatic heterocycles. The molecule has 0 fully saturated rings. The number of hydrogen-bond acceptors (Lipinski definition) is 6. The summed E-state index contributed by atoms with van der Waals surface area (Å²) in [5.74, 6) is 0.203. The highest BCUT2D eigenvalue weighted by Crippen LogP contribution is 2.37. The minimum absolute atomic E-state index is 0.0850. The van der Waals surface area contributed by atoms with Crippen LogP contribution in [0.1, 0.15) is 15.4 Å². The van der Waals surface area contributed by atoms with Crippen LogP contribution in [0, 0.1) is 6.92 Å². The van der Waals surface area contributed by atoms with Gasteiger partial charge in [-0.05, 0) is 48.9 Å². The molecule has 3 aromatic carbocycles. The SMILES string of the molecule is Cc1sc2nc(SCC(=O)c3cc4cc(Br)ccc4o3)n(-c3ccccc3)c(=O)c2c1-c1ccccc1. The van der Waals surface area contributed by atoms with E-state index in [0.717, 1.165) is 25.9 Å². The van der Waals surface area contributed by atoms with Crippen LogP contribution in [0.5, 0.6) is 0 Å². The average Bonchev–Trinajstić information content (AvgIpc) is 3.48. The van der Waals surface area contributed by atoms with Crippen molar-refractivity contribution < 1.29 is 9.21 Å². The van der Waals surface area contributed by atoms with Gasteiger partial charge in [-0.2, -0.15) is 0 Å². The van der Waals surface area contributed by atoms with E-state index in [1.165, 1.54) is 23.1 Å². The third-order valence-corrected chi connectivity index (χ3v) is 8.46. The normalized spacial score (nSPS) is 11.4. The van der Waals surface area contributed by atoms with E-state index in [0.29, 0.717) is 26.6 Å². The summed E-state index contributed by atoms with van der Waals surface area (Å²) >= 11 is 6.18. The van der Waals surface area contributed by atoms with Gasteiger partial charge in [0.25, 0.3) is 5.56 Å². The molecule has 6 aromatic rings. The van der Waals surface area contributed by atoms with Gasteiger partial charge in [0, 0.05) is 20.3 Å². The highest BCUT2D eigenvalue weighted by atomic mass is 79.9. The molecule has 0 atom stereocenters. The second kappa shape index (κ2) is 9.78. The van der Waals surface area contributed by atoms with E-state index in [1.807, 2.05) is 85.8 Å².